The van der Waals surface area contributed by atoms with Crippen molar-refractivity contribution in [1.29, 1.82) is 0 Å². The van der Waals surface area contributed by atoms with Crippen molar-refractivity contribution in [3.63, 3.8) is 0 Å². The maximum Gasteiger partial charge on any atom is 0.224 e. The van der Waals surface area contributed by atoms with Crippen molar-refractivity contribution < 1.29 is 9.53 Å². The van der Waals surface area contributed by atoms with Gasteiger partial charge in [0.05, 0.1) is 18.6 Å². The summed E-state index contributed by atoms with van der Waals surface area (Å²) in [7, 11) is 0. The number of ether oxygens (including phenoxy) is 1. The number of halogens is 1. The fraction of sp³-hybridized carbons (Fsp3) is 0.917. The Bertz CT molecular complexity index is 269. The normalized spacial score (nSPS) is 28.7. The first-order chi connectivity index (χ1) is 8.16. The van der Waals surface area contributed by atoms with E-state index in [0.29, 0.717) is 12.5 Å². The largest absolute Gasteiger partial charge is 0.379 e. The van der Waals surface area contributed by atoms with E-state index in [1.165, 1.54) is 0 Å². The third-order valence-electron chi connectivity index (χ3n) is 3.65. The molecule has 0 radical (unpaired) electrons. The van der Waals surface area contributed by atoms with E-state index < -0.39 is 0 Å². The van der Waals surface area contributed by atoms with Crippen LogP contribution >= 0.6 is 11.6 Å². The smallest absolute Gasteiger partial charge is 0.224 e. The van der Waals surface area contributed by atoms with Crippen molar-refractivity contribution in [3.8, 4) is 0 Å². The zero-order valence-electron chi connectivity index (χ0n) is 10.4. The van der Waals surface area contributed by atoms with Crippen LogP contribution in [-0.4, -0.2) is 66.5 Å². The minimum absolute atomic E-state index is 0.0150. The van der Waals surface area contributed by atoms with Crippen LogP contribution in [0.3, 0.4) is 0 Å². The molecular formula is C12H21ClN2O2. The second-order valence-corrected chi connectivity index (χ2v) is 5.54. The summed E-state index contributed by atoms with van der Waals surface area (Å²) in [5, 5.41) is 0.0150. The average Bonchev–Trinajstić information content (AvgIpc) is 2.66. The molecule has 1 amide bonds. The maximum absolute atomic E-state index is 11.6. The van der Waals surface area contributed by atoms with Crippen LogP contribution in [0, 0.1) is 0 Å². The second-order valence-electron chi connectivity index (χ2n) is 4.93. The first-order valence-electron chi connectivity index (χ1n) is 6.40. The van der Waals surface area contributed by atoms with Gasteiger partial charge in [0.1, 0.15) is 0 Å². The third-order valence-corrected chi connectivity index (χ3v) is 3.95. The van der Waals surface area contributed by atoms with Crippen LogP contribution < -0.4 is 0 Å². The second kappa shape index (κ2) is 6.03. The molecule has 0 N–H and O–H groups in total. The van der Waals surface area contributed by atoms with Gasteiger partial charge < -0.3 is 9.64 Å². The molecule has 0 aromatic heterocycles. The van der Waals surface area contributed by atoms with Gasteiger partial charge in [-0.2, -0.15) is 0 Å². The monoisotopic (exact) mass is 260 g/mol. The number of likely N-dealkylation sites (tertiary alicyclic amines) is 1. The van der Waals surface area contributed by atoms with Crippen LogP contribution in [-0.2, 0) is 9.53 Å². The van der Waals surface area contributed by atoms with Gasteiger partial charge in [-0.25, -0.2) is 0 Å². The number of rotatable bonds is 4. The Morgan fingerprint density at radius 1 is 1.47 bits per heavy atom. The summed E-state index contributed by atoms with van der Waals surface area (Å²) in [6.07, 6.45) is 1.53. The molecule has 4 nitrogen and oxygen atoms in total. The number of hydrogen-bond donors (Lipinski definition) is 0. The van der Waals surface area contributed by atoms with Gasteiger partial charge in [-0.3, -0.25) is 9.69 Å². The molecule has 0 spiro atoms. The summed E-state index contributed by atoms with van der Waals surface area (Å²) in [6, 6.07) is 0.515. The fourth-order valence-corrected chi connectivity index (χ4v) is 2.78. The van der Waals surface area contributed by atoms with E-state index in [1.54, 1.807) is 0 Å². The van der Waals surface area contributed by atoms with Crippen molar-refractivity contribution in [2.75, 3.05) is 39.4 Å². The molecule has 0 aromatic carbocycles. The van der Waals surface area contributed by atoms with E-state index in [1.807, 2.05) is 4.90 Å². The molecule has 2 saturated heterocycles. The summed E-state index contributed by atoms with van der Waals surface area (Å²) >= 11 is 5.98. The van der Waals surface area contributed by atoms with Crippen molar-refractivity contribution in [3.05, 3.63) is 0 Å². The molecule has 0 bridgehead atoms. The zero-order valence-corrected chi connectivity index (χ0v) is 11.2. The van der Waals surface area contributed by atoms with Crippen LogP contribution in [0.2, 0.25) is 0 Å². The fourth-order valence-electron chi connectivity index (χ4n) is 2.48. The Labute approximate surface area is 108 Å². The van der Waals surface area contributed by atoms with Crippen molar-refractivity contribution in [1.82, 2.24) is 9.80 Å². The number of carbonyl (C=O) groups excluding carboxylic acids is 1. The number of carbonyl (C=O) groups is 1. The third kappa shape index (κ3) is 3.57. The number of amides is 1. The van der Waals surface area contributed by atoms with E-state index in [2.05, 4.69) is 11.8 Å². The highest BCUT2D eigenvalue weighted by molar-refractivity contribution is 6.22. The zero-order chi connectivity index (χ0) is 12.3. The Kier molecular flexibility index (Phi) is 4.65. The highest BCUT2D eigenvalue weighted by Gasteiger charge is 2.28. The molecule has 2 aliphatic heterocycles. The van der Waals surface area contributed by atoms with E-state index in [-0.39, 0.29) is 11.3 Å². The minimum atomic E-state index is 0.0150. The molecule has 17 heavy (non-hydrogen) atoms. The first kappa shape index (κ1) is 13.1. The van der Waals surface area contributed by atoms with Gasteiger partial charge in [-0.15, -0.1) is 11.6 Å². The summed E-state index contributed by atoms with van der Waals surface area (Å²) in [5.41, 5.74) is 0. The lowest BCUT2D eigenvalue weighted by atomic mass is 10.2. The lowest BCUT2D eigenvalue weighted by Crippen LogP contribution is -2.43. The maximum atomic E-state index is 11.6. The number of hydrogen-bond acceptors (Lipinski definition) is 3. The SMILES string of the molecule is CC(CCN1CC(Cl)CC1=O)N1CCOCC1. The molecule has 2 aliphatic rings. The molecule has 0 aromatic rings. The van der Waals surface area contributed by atoms with Crippen molar-refractivity contribution in [2.24, 2.45) is 0 Å². The van der Waals surface area contributed by atoms with Crippen LogP contribution in [0.15, 0.2) is 0 Å². The highest BCUT2D eigenvalue weighted by atomic mass is 35.5. The molecule has 2 fully saturated rings. The summed E-state index contributed by atoms with van der Waals surface area (Å²) in [5.74, 6) is 0.208. The Balaban J connectivity index is 1.72. The average molecular weight is 261 g/mol. The molecule has 2 heterocycles. The molecular weight excluding hydrogens is 240 g/mol. The van der Waals surface area contributed by atoms with E-state index >= 15 is 0 Å². The number of nitrogens with zero attached hydrogens (tertiary/aromatic N) is 2. The van der Waals surface area contributed by atoms with Crippen LogP contribution in [0.4, 0.5) is 0 Å². The number of morpholine rings is 1. The van der Waals surface area contributed by atoms with Crippen LogP contribution in [0.1, 0.15) is 19.8 Å². The standard InChI is InChI=1S/C12H21ClN2O2/c1-10(14-4-6-17-7-5-14)2-3-15-9-11(13)8-12(15)16/h10-11H,2-9H2,1H3. The minimum Gasteiger partial charge on any atom is -0.379 e. The van der Waals surface area contributed by atoms with Gasteiger partial charge in [0.15, 0.2) is 0 Å². The Morgan fingerprint density at radius 2 is 2.18 bits per heavy atom. The molecule has 98 valence electrons. The quantitative estimate of drug-likeness (QED) is 0.706. The van der Waals surface area contributed by atoms with E-state index in [9.17, 15) is 4.79 Å². The lowest BCUT2D eigenvalue weighted by molar-refractivity contribution is -0.127. The van der Waals surface area contributed by atoms with Crippen molar-refractivity contribution in [2.45, 2.75) is 31.2 Å². The van der Waals surface area contributed by atoms with Crippen molar-refractivity contribution >= 4 is 17.5 Å². The molecule has 2 rings (SSSR count). The highest BCUT2D eigenvalue weighted by Crippen LogP contribution is 2.17. The van der Waals surface area contributed by atoms with Gasteiger partial charge in [0, 0.05) is 38.6 Å². The predicted octanol–water partition coefficient (Wildman–Crippen LogP) is 0.937. The summed E-state index contributed by atoms with van der Waals surface area (Å²) < 4.78 is 5.34. The van der Waals surface area contributed by atoms with E-state index in [0.717, 1.165) is 45.8 Å². The summed E-state index contributed by atoms with van der Waals surface area (Å²) in [4.78, 5) is 15.9. The predicted molar refractivity (Wildman–Crippen MR) is 67.3 cm³/mol. The molecule has 2 atom stereocenters. The lowest BCUT2D eigenvalue weighted by Gasteiger charge is -2.33. The number of alkyl halides is 1. The Hall–Kier alpha value is -0.320. The van der Waals surface area contributed by atoms with Gasteiger partial charge in [0.25, 0.3) is 0 Å². The van der Waals surface area contributed by atoms with Crippen LogP contribution in [0.25, 0.3) is 0 Å². The topological polar surface area (TPSA) is 32.8 Å². The molecule has 2 unspecified atom stereocenters. The molecule has 0 aliphatic carbocycles. The van der Waals surface area contributed by atoms with Gasteiger partial charge in [-0.05, 0) is 13.3 Å². The molecule has 5 heteroatoms. The first-order valence-corrected chi connectivity index (χ1v) is 6.84. The molecule has 0 saturated carbocycles. The van der Waals surface area contributed by atoms with E-state index in [4.69, 9.17) is 16.3 Å². The van der Waals surface area contributed by atoms with Gasteiger partial charge >= 0.3 is 0 Å². The Morgan fingerprint density at radius 3 is 2.76 bits per heavy atom. The van der Waals surface area contributed by atoms with Gasteiger partial charge in [-0.1, -0.05) is 0 Å². The summed E-state index contributed by atoms with van der Waals surface area (Å²) in [6.45, 7) is 7.45. The van der Waals surface area contributed by atoms with Crippen LogP contribution in [0.5, 0.6) is 0 Å². The van der Waals surface area contributed by atoms with Gasteiger partial charge in [0.2, 0.25) is 5.91 Å².